The van der Waals surface area contributed by atoms with Gasteiger partial charge in [-0.05, 0) is 29.5 Å². The molecule has 0 saturated heterocycles. The van der Waals surface area contributed by atoms with E-state index in [0.717, 1.165) is 4.88 Å². The van der Waals surface area contributed by atoms with Gasteiger partial charge in [0.2, 0.25) is 11.8 Å². The van der Waals surface area contributed by atoms with Crippen LogP contribution in [-0.4, -0.2) is 31.7 Å². The van der Waals surface area contributed by atoms with Gasteiger partial charge in [-0.1, -0.05) is 32.0 Å². The summed E-state index contributed by atoms with van der Waals surface area (Å²) in [5, 5.41) is 7.22. The number of nitrogens with one attached hydrogen (secondary N) is 2. The highest BCUT2D eigenvalue weighted by atomic mass is 32.2. The molecule has 2 N–H and O–H groups in total. The van der Waals surface area contributed by atoms with E-state index in [1.54, 1.807) is 38.1 Å². The molecule has 140 valence electrons. The summed E-state index contributed by atoms with van der Waals surface area (Å²) < 4.78 is 23.9. The van der Waals surface area contributed by atoms with Crippen molar-refractivity contribution in [1.82, 2.24) is 0 Å². The van der Waals surface area contributed by atoms with Crippen molar-refractivity contribution in [2.75, 3.05) is 22.1 Å². The van der Waals surface area contributed by atoms with Crippen LogP contribution in [0.3, 0.4) is 0 Å². The van der Waals surface area contributed by atoms with Crippen molar-refractivity contribution in [3.8, 4) is 0 Å². The van der Waals surface area contributed by atoms with Crippen LogP contribution in [0.4, 0.5) is 11.4 Å². The van der Waals surface area contributed by atoms with Crippen LogP contribution in [0.1, 0.15) is 18.7 Å². The molecule has 1 heterocycles. The highest BCUT2D eigenvalue weighted by molar-refractivity contribution is 7.92. The largest absolute Gasteiger partial charge is 0.324 e. The molecule has 0 atom stereocenters. The van der Waals surface area contributed by atoms with Crippen molar-refractivity contribution >= 4 is 44.4 Å². The molecule has 6 nitrogen and oxygen atoms in total. The van der Waals surface area contributed by atoms with Gasteiger partial charge in [-0.25, -0.2) is 8.42 Å². The zero-order valence-corrected chi connectivity index (χ0v) is 16.3. The molecule has 26 heavy (non-hydrogen) atoms. The van der Waals surface area contributed by atoms with Crippen LogP contribution in [0.5, 0.6) is 0 Å². The number of carbonyl (C=O) groups is 2. The van der Waals surface area contributed by atoms with E-state index in [2.05, 4.69) is 10.6 Å². The van der Waals surface area contributed by atoms with Gasteiger partial charge >= 0.3 is 0 Å². The number of rotatable bonds is 8. The van der Waals surface area contributed by atoms with Gasteiger partial charge < -0.3 is 10.6 Å². The van der Waals surface area contributed by atoms with E-state index in [-0.39, 0.29) is 24.0 Å². The fourth-order valence-corrected chi connectivity index (χ4v) is 4.73. The minimum absolute atomic E-state index is 0.0420. The predicted molar refractivity (Wildman–Crippen MR) is 105 cm³/mol. The Morgan fingerprint density at radius 2 is 1.62 bits per heavy atom. The van der Waals surface area contributed by atoms with Crippen molar-refractivity contribution in [2.45, 2.75) is 20.3 Å². The maximum atomic E-state index is 12.2. The smallest absolute Gasteiger partial charge is 0.239 e. The Balaban J connectivity index is 2.02. The zero-order chi connectivity index (χ0) is 19.2. The molecule has 0 saturated carbocycles. The summed E-state index contributed by atoms with van der Waals surface area (Å²) in [7, 11) is -3.47. The van der Waals surface area contributed by atoms with Crippen molar-refractivity contribution in [1.29, 1.82) is 0 Å². The van der Waals surface area contributed by atoms with Gasteiger partial charge in [-0.3, -0.25) is 9.59 Å². The fraction of sp³-hybridized carbons (Fsp3) is 0.333. The van der Waals surface area contributed by atoms with Crippen molar-refractivity contribution in [2.24, 2.45) is 5.92 Å². The van der Waals surface area contributed by atoms with Gasteiger partial charge in [0.1, 0.15) is 5.75 Å². The van der Waals surface area contributed by atoms with Gasteiger partial charge in [-0.15, -0.1) is 11.3 Å². The van der Waals surface area contributed by atoms with Crippen molar-refractivity contribution in [3.05, 3.63) is 46.7 Å². The highest BCUT2D eigenvalue weighted by Gasteiger charge is 2.19. The molecule has 1 aromatic heterocycles. The van der Waals surface area contributed by atoms with Gasteiger partial charge in [0.05, 0.1) is 23.5 Å². The molecule has 2 amide bonds. The number of anilines is 2. The molecule has 0 fully saturated rings. The second-order valence-corrected chi connectivity index (χ2v) is 9.49. The molecular weight excluding hydrogens is 372 g/mol. The summed E-state index contributed by atoms with van der Waals surface area (Å²) >= 11 is 1.49. The summed E-state index contributed by atoms with van der Waals surface area (Å²) in [5.74, 6) is -1.49. The Bertz CT molecular complexity index is 859. The molecule has 1 aromatic carbocycles. The molecule has 0 unspecified atom stereocenters. The first-order chi connectivity index (χ1) is 12.2. The van der Waals surface area contributed by atoms with Crippen LogP contribution in [0.2, 0.25) is 0 Å². The van der Waals surface area contributed by atoms with E-state index in [9.17, 15) is 18.0 Å². The molecule has 0 radical (unpaired) electrons. The van der Waals surface area contributed by atoms with E-state index in [1.165, 1.54) is 11.3 Å². The van der Waals surface area contributed by atoms with E-state index in [1.807, 2.05) is 17.5 Å². The number of amides is 2. The second kappa shape index (κ2) is 8.95. The van der Waals surface area contributed by atoms with Crippen LogP contribution in [0, 0.1) is 5.92 Å². The normalized spacial score (nSPS) is 11.3. The summed E-state index contributed by atoms with van der Waals surface area (Å²) in [4.78, 5) is 25.2. The van der Waals surface area contributed by atoms with Crippen molar-refractivity contribution < 1.29 is 18.0 Å². The number of carbonyl (C=O) groups excluding carboxylic acids is 2. The lowest BCUT2D eigenvalue weighted by Crippen LogP contribution is -2.27. The summed E-state index contributed by atoms with van der Waals surface area (Å²) in [6, 6.07) is 10.5. The maximum absolute atomic E-state index is 12.2. The Morgan fingerprint density at radius 3 is 2.15 bits per heavy atom. The number of hydrogen-bond acceptors (Lipinski definition) is 5. The molecule has 8 heteroatoms. The standard InChI is InChI=1S/C18H22N2O4S2/c1-13(2)11-26(23,24)12-18(22)20-16-8-4-3-7-15(16)19-17(21)10-14-6-5-9-25-14/h3-9,13H,10-12H2,1-2H3,(H,19,21)(H,20,22). The molecule has 2 rings (SSSR count). The Hall–Kier alpha value is -2.19. The third kappa shape index (κ3) is 6.61. The number of para-hydroxylation sites is 2. The van der Waals surface area contributed by atoms with Gasteiger partial charge in [-0.2, -0.15) is 0 Å². The molecule has 0 spiro atoms. The maximum Gasteiger partial charge on any atom is 0.239 e. The summed E-state index contributed by atoms with van der Waals surface area (Å²) in [6.45, 7) is 3.57. The Kier molecular flexibility index (Phi) is 6.93. The number of sulfone groups is 1. The molecular formula is C18H22N2O4S2. The molecule has 0 aliphatic carbocycles. The van der Waals surface area contributed by atoms with Gasteiger partial charge in [0.15, 0.2) is 9.84 Å². The van der Waals surface area contributed by atoms with E-state index >= 15 is 0 Å². The third-order valence-corrected chi connectivity index (χ3v) is 6.08. The van der Waals surface area contributed by atoms with Crippen LogP contribution in [-0.2, 0) is 25.8 Å². The van der Waals surface area contributed by atoms with Crippen LogP contribution in [0.25, 0.3) is 0 Å². The predicted octanol–water partition coefficient (Wildman–Crippen LogP) is 2.94. The first-order valence-electron chi connectivity index (χ1n) is 8.17. The van der Waals surface area contributed by atoms with Crippen molar-refractivity contribution in [3.63, 3.8) is 0 Å². The summed E-state index contributed by atoms with van der Waals surface area (Å²) in [5.41, 5.74) is 0.806. The zero-order valence-electron chi connectivity index (χ0n) is 14.7. The summed E-state index contributed by atoms with van der Waals surface area (Å²) in [6.07, 6.45) is 0.239. The van der Waals surface area contributed by atoms with Crippen LogP contribution >= 0.6 is 11.3 Å². The van der Waals surface area contributed by atoms with E-state index in [4.69, 9.17) is 0 Å². The van der Waals surface area contributed by atoms with Gasteiger partial charge in [0, 0.05) is 4.88 Å². The van der Waals surface area contributed by atoms with E-state index in [0.29, 0.717) is 11.4 Å². The molecule has 0 aliphatic heterocycles. The number of hydrogen-bond donors (Lipinski definition) is 2. The number of benzene rings is 1. The second-order valence-electron chi connectivity index (χ2n) is 6.35. The lowest BCUT2D eigenvalue weighted by Gasteiger charge is -2.12. The fourth-order valence-electron chi connectivity index (χ4n) is 2.42. The topological polar surface area (TPSA) is 92.3 Å². The number of thiophene rings is 1. The van der Waals surface area contributed by atoms with Gasteiger partial charge in [0.25, 0.3) is 0 Å². The highest BCUT2D eigenvalue weighted by Crippen LogP contribution is 2.22. The van der Waals surface area contributed by atoms with Crippen LogP contribution < -0.4 is 10.6 Å². The monoisotopic (exact) mass is 394 g/mol. The average molecular weight is 395 g/mol. The molecule has 0 aliphatic rings. The van der Waals surface area contributed by atoms with Crippen LogP contribution in [0.15, 0.2) is 41.8 Å². The minimum Gasteiger partial charge on any atom is -0.324 e. The van der Waals surface area contributed by atoms with E-state index < -0.39 is 21.5 Å². The first-order valence-corrected chi connectivity index (χ1v) is 10.9. The molecule has 2 aromatic rings. The lowest BCUT2D eigenvalue weighted by atomic mass is 10.2. The quantitative estimate of drug-likeness (QED) is 0.720. The molecule has 0 bridgehead atoms. The third-order valence-electron chi connectivity index (χ3n) is 3.33. The minimum atomic E-state index is -3.47. The SMILES string of the molecule is CC(C)CS(=O)(=O)CC(=O)Nc1ccccc1NC(=O)Cc1cccs1. The Labute approximate surface area is 157 Å². The Morgan fingerprint density at radius 1 is 1.00 bits per heavy atom. The average Bonchev–Trinajstić information content (AvgIpc) is 2.99. The lowest BCUT2D eigenvalue weighted by molar-refractivity contribution is -0.116. The first kappa shape index (κ1) is 20.1.